The Bertz CT molecular complexity index is 1040. The van der Waals surface area contributed by atoms with Gasteiger partial charge in [-0.25, -0.2) is 9.59 Å². The van der Waals surface area contributed by atoms with Crippen LogP contribution in [0.3, 0.4) is 0 Å². The third kappa shape index (κ3) is 7.25. The van der Waals surface area contributed by atoms with Crippen LogP contribution in [0.25, 0.3) is 0 Å². The van der Waals surface area contributed by atoms with Crippen LogP contribution < -0.4 is 4.90 Å². The quantitative estimate of drug-likeness (QED) is 0.113. The number of carbonyl (C=O) groups excluding carboxylic acids is 1. The minimum atomic E-state index is -1.42. The van der Waals surface area contributed by atoms with Crippen molar-refractivity contribution in [2.75, 3.05) is 40.0 Å². The van der Waals surface area contributed by atoms with E-state index in [0.29, 0.717) is 18.7 Å². The van der Waals surface area contributed by atoms with Crippen molar-refractivity contribution in [2.45, 2.75) is 43.9 Å². The predicted molar refractivity (Wildman–Crippen MR) is 137 cm³/mol. The van der Waals surface area contributed by atoms with Gasteiger partial charge in [0.15, 0.2) is 6.29 Å². The Kier molecular flexibility index (Phi) is 11.6. The van der Waals surface area contributed by atoms with Gasteiger partial charge < -0.3 is 54.1 Å². The van der Waals surface area contributed by atoms with Gasteiger partial charge in [-0.3, -0.25) is 0 Å². The van der Waals surface area contributed by atoms with Crippen LogP contribution in [0, 0.1) is 11.8 Å². The van der Waals surface area contributed by atoms with E-state index in [4.69, 9.17) is 23.7 Å². The van der Waals surface area contributed by atoms with E-state index in [1.54, 1.807) is 19.1 Å². The first-order valence-electron chi connectivity index (χ1n) is 12.9. The Hall–Kier alpha value is -2.88. The van der Waals surface area contributed by atoms with Gasteiger partial charge in [0.25, 0.3) is 0 Å². The summed E-state index contributed by atoms with van der Waals surface area (Å²) < 4.78 is 28.0. The summed E-state index contributed by atoms with van der Waals surface area (Å²) in [5.74, 6) is -3.15. The molecule has 1 fully saturated rings. The zero-order valence-electron chi connectivity index (χ0n) is 22.4. The molecule has 13 nitrogen and oxygen atoms in total. The van der Waals surface area contributed by atoms with Crippen LogP contribution in [0.15, 0.2) is 60.1 Å². The molecule has 0 bridgehead atoms. The molecule has 1 saturated heterocycles. The monoisotopic (exact) mass is 568 g/mol. The summed E-state index contributed by atoms with van der Waals surface area (Å²) in [6, 6.07) is 0. The van der Waals surface area contributed by atoms with E-state index in [-0.39, 0.29) is 24.4 Å². The van der Waals surface area contributed by atoms with Crippen molar-refractivity contribution in [3.8, 4) is 0 Å². The van der Waals surface area contributed by atoms with Gasteiger partial charge in [0, 0.05) is 18.1 Å². The molecule has 9 atom stereocenters. The minimum Gasteiger partial charge on any atom is -0.477 e. The number of carboxylic acid groups (broad SMARTS) is 1. The number of aliphatic hydroxyl groups excluding tert-OH is 4. The Morgan fingerprint density at radius 2 is 1.98 bits per heavy atom. The number of esters is 1. The molecule has 3 rings (SSSR count). The van der Waals surface area contributed by atoms with Crippen molar-refractivity contribution >= 4 is 11.9 Å². The molecule has 1 unspecified atom stereocenters. The summed E-state index contributed by atoms with van der Waals surface area (Å²) in [5, 5.41) is 49.3. The molecule has 0 spiro atoms. The highest BCUT2D eigenvalue weighted by Crippen LogP contribution is 2.36. The van der Waals surface area contributed by atoms with E-state index in [9.17, 15) is 35.1 Å². The average molecular weight is 569 g/mol. The van der Waals surface area contributed by atoms with Gasteiger partial charge in [0.05, 0.1) is 38.1 Å². The summed E-state index contributed by atoms with van der Waals surface area (Å²) in [6.45, 7) is 5.75. The van der Waals surface area contributed by atoms with Crippen LogP contribution in [0.5, 0.6) is 0 Å². The topological polar surface area (TPSA) is 186 Å². The van der Waals surface area contributed by atoms with Crippen LogP contribution in [0.1, 0.15) is 6.92 Å². The fourth-order valence-corrected chi connectivity index (χ4v) is 4.86. The fourth-order valence-electron chi connectivity index (χ4n) is 4.86. The molecule has 0 aromatic carbocycles. The first-order chi connectivity index (χ1) is 19.2. The lowest BCUT2D eigenvalue weighted by atomic mass is 9.83. The van der Waals surface area contributed by atoms with E-state index < -0.39 is 67.4 Å². The number of allylic oxidation sites excluding steroid dienone is 1. The maximum Gasteiger partial charge on any atom is 0.341 e. The predicted octanol–water partition coefficient (Wildman–Crippen LogP) is -1.98. The van der Waals surface area contributed by atoms with Gasteiger partial charge in [-0.05, 0) is 13.0 Å². The van der Waals surface area contributed by atoms with Crippen LogP contribution in [0.4, 0.5) is 0 Å². The van der Waals surface area contributed by atoms with E-state index in [1.807, 2.05) is 0 Å². The summed E-state index contributed by atoms with van der Waals surface area (Å²) in [6.07, 6.45) is 1.72. The van der Waals surface area contributed by atoms with E-state index in [0.717, 1.165) is 4.90 Å². The molecular weight excluding hydrogens is 530 g/mol. The maximum absolute atomic E-state index is 12.6. The Morgan fingerprint density at radius 1 is 1.23 bits per heavy atom. The van der Waals surface area contributed by atoms with Gasteiger partial charge >= 0.3 is 11.9 Å². The Balaban J connectivity index is 1.91. The fraction of sp³-hybridized carbons (Fsp3) is 0.556. The molecule has 0 aromatic heterocycles. The van der Waals surface area contributed by atoms with Crippen molar-refractivity contribution in [2.24, 2.45) is 11.8 Å². The van der Waals surface area contributed by atoms with Gasteiger partial charge in [-0.1, -0.05) is 18.2 Å². The summed E-state index contributed by atoms with van der Waals surface area (Å²) in [4.78, 5) is 25.0. The number of hydrogen-bond acceptors (Lipinski definition) is 11. The largest absolute Gasteiger partial charge is 0.477 e. The highest BCUT2D eigenvalue weighted by molar-refractivity contribution is 5.90. The SMILES string of the molecule is C=C[C@H]1[C@H](O[C@@H]2O[C@H](CO)[C@@H](O)[C@H](O)[C@H]2OCC)OC=C(C(=O)OC)[C@H]1/C=C\C1=CC(C(=O)O)=C[NH+](CCO)C1. The molecule has 0 aromatic rings. The molecule has 222 valence electrons. The maximum atomic E-state index is 12.6. The number of rotatable bonds is 12. The molecule has 3 aliphatic rings. The normalized spacial score (nSPS) is 34.4. The third-order valence-electron chi connectivity index (χ3n) is 6.89. The summed E-state index contributed by atoms with van der Waals surface area (Å²) in [7, 11) is 1.23. The van der Waals surface area contributed by atoms with Crippen LogP contribution in [-0.2, 0) is 33.3 Å². The lowest BCUT2D eigenvalue weighted by molar-refractivity contribution is -0.842. The zero-order chi connectivity index (χ0) is 29.4. The molecule has 0 aliphatic carbocycles. The smallest absolute Gasteiger partial charge is 0.341 e. The van der Waals surface area contributed by atoms with Gasteiger partial charge in [-0.2, -0.15) is 0 Å². The number of ether oxygens (including phenoxy) is 5. The Morgan fingerprint density at radius 3 is 2.58 bits per heavy atom. The van der Waals surface area contributed by atoms with Crippen LogP contribution in [0.2, 0.25) is 0 Å². The number of methoxy groups -OCH3 is 1. The lowest BCUT2D eigenvalue weighted by Gasteiger charge is -2.44. The number of nitrogens with one attached hydrogen (secondary N) is 1. The van der Waals surface area contributed by atoms with Crippen molar-refractivity contribution < 1.29 is 63.7 Å². The number of aliphatic hydroxyl groups is 4. The third-order valence-corrected chi connectivity index (χ3v) is 6.89. The van der Waals surface area contributed by atoms with Crippen molar-refractivity contribution in [3.63, 3.8) is 0 Å². The first-order valence-corrected chi connectivity index (χ1v) is 12.9. The van der Waals surface area contributed by atoms with E-state index in [2.05, 4.69) is 6.58 Å². The number of carboxylic acids is 1. The highest BCUT2D eigenvalue weighted by atomic mass is 16.8. The molecule has 0 radical (unpaired) electrons. The van der Waals surface area contributed by atoms with Gasteiger partial charge in [0.1, 0.15) is 49.3 Å². The number of hydrogen-bond donors (Lipinski definition) is 6. The lowest BCUT2D eigenvalue weighted by Crippen LogP contribution is -3.08. The molecule has 6 N–H and O–H groups in total. The number of carbonyl (C=O) groups is 2. The van der Waals surface area contributed by atoms with Crippen LogP contribution in [-0.4, -0.2) is 114 Å². The van der Waals surface area contributed by atoms with E-state index in [1.165, 1.54) is 31.7 Å². The molecular formula is C27H38NO12+. The number of quaternary nitrogens is 1. The molecule has 13 heteroatoms. The average Bonchev–Trinajstić information content (AvgIpc) is 2.95. The standard InChI is InChI=1S/C27H37NO12/c1-4-17-18(7-6-15-10-16(24(33)34)12-28(11-15)8-9-29)19(25(35)36-3)14-38-26(17)40-27-23(37-5-2)22(32)21(31)20(13-30)39-27/h4,6-7,10,12,14,17-18,20-23,26-27,29-32H,1,5,8-9,11,13H2,2-3H3,(H,33,34)/p+1/b7-6-/t17-,18+,20-,21-,22+,23-,26+,27+/m1/s1. The molecule has 40 heavy (non-hydrogen) atoms. The molecule has 3 heterocycles. The molecule has 0 amide bonds. The van der Waals surface area contributed by atoms with Crippen molar-refractivity contribution in [1.29, 1.82) is 0 Å². The van der Waals surface area contributed by atoms with Gasteiger partial charge in [0.2, 0.25) is 6.29 Å². The number of aliphatic carboxylic acids is 1. The highest BCUT2D eigenvalue weighted by Gasteiger charge is 2.48. The first kappa shape index (κ1) is 31.6. The van der Waals surface area contributed by atoms with Gasteiger partial charge in [-0.15, -0.1) is 6.58 Å². The zero-order valence-corrected chi connectivity index (χ0v) is 22.4. The molecule has 3 aliphatic heterocycles. The molecule has 0 saturated carbocycles. The second kappa shape index (κ2) is 14.7. The summed E-state index contributed by atoms with van der Waals surface area (Å²) >= 11 is 0. The van der Waals surface area contributed by atoms with Crippen molar-refractivity contribution in [3.05, 3.63) is 60.1 Å². The van der Waals surface area contributed by atoms with Crippen LogP contribution >= 0.6 is 0 Å². The van der Waals surface area contributed by atoms with E-state index >= 15 is 0 Å². The van der Waals surface area contributed by atoms with Crippen molar-refractivity contribution in [1.82, 2.24) is 0 Å². The summed E-state index contributed by atoms with van der Waals surface area (Å²) in [5.41, 5.74) is 0.875. The second-order valence-electron chi connectivity index (χ2n) is 9.46. The second-order valence-corrected chi connectivity index (χ2v) is 9.46. The Labute approximate surface area is 231 Å². The minimum absolute atomic E-state index is 0.0714.